The van der Waals surface area contributed by atoms with Crippen molar-refractivity contribution < 1.29 is 27.5 Å². The first-order chi connectivity index (χ1) is 25.1. The quantitative estimate of drug-likeness (QED) is 0.168. The molecule has 286 valence electrons. The van der Waals surface area contributed by atoms with E-state index in [9.17, 15) is 18.3 Å². The van der Waals surface area contributed by atoms with Crippen molar-refractivity contribution in [3.05, 3.63) is 76.6 Å². The molecule has 0 saturated heterocycles. The summed E-state index contributed by atoms with van der Waals surface area (Å²) in [7, 11) is -5.94. The molecule has 2 fully saturated rings. The summed E-state index contributed by atoms with van der Waals surface area (Å²) in [4.78, 5) is 22.9. The van der Waals surface area contributed by atoms with Crippen LogP contribution in [0.5, 0.6) is 5.75 Å². The Labute approximate surface area is 320 Å². The van der Waals surface area contributed by atoms with Crippen LogP contribution in [0.2, 0.25) is 23.2 Å². The number of ether oxygens (including phenoxy) is 1. The fourth-order valence-corrected chi connectivity index (χ4v) is 12.5. The number of benzene rings is 2. The number of fused-ring (bicyclic) bond motifs is 3. The highest BCUT2D eigenvalue weighted by Gasteiger charge is 2.50. The monoisotopic (exact) mass is 779 g/mol. The third-order valence-electron chi connectivity index (χ3n) is 13.2. The number of aromatic nitrogens is 2. The molecule has 9 nitrogen and oxygen atoms in total. The van der Waals surface area contributed by atoms with Crippen LogP contribution in [0.25, 0.3) is 0 Å². The van der Waals surface area contributed by atoms with Crippen LogP contribution >= 0.6 is 11.6 Å². The molecule has 1 aromatic heterocycles. The van der Waals surface area contributed by atoms with Gasteiger partial charge in [0.1, 0.15) is 5.75 Å². The maximum Gasteiger partial charge on any atom is 0.335 e. The van der Waals surface area contributed by atoms with Crippen molar-refractivity contribution in [1.82, 2.24) is 9.97 Å². The van der Waals surface area contributed by atoms with Crippen LogP contribution in [0.4, 0.5) is 5.69 Å². The number of carboxylic acids is 1. The minimum absolute atomic E-state index is 0.0134. The fourth-order valence-electron chi connectivity index (χ4n) is 9.18. The molecule has 0 bridgehead atoms. The van der Waals surface area contributed by atoms with Gasteiger partial charge in [0.2, 0.25) is 15.0 Å². The van der Waals surface area contributed by atoms with E-state index >= 15 is 0 Å². The average Bonchev–Trinajstić information content (AvgIpc) is 3.26. The first kappa shape index (κ1) is 38.3. The van der Waals surface area contributed by atoms with Crippen LogP contribution in [-0.2, 0) is 26.1 Å². The number of hydrogen-bond donors (Lipinski definition) is 1. The van der Waals surface area contributed by atoms with Gasteiger partial charge in [0.25, 0.3) is 0 Å². The zero-order chi connectivity index (χ0) is 37.8. The molecule has 7 rings (SSSR count). The van der Waals surface area contributed by atoms with Crippen LogP contribution in [0.1, 0.15) is 93.6 Å². The fraction of sp³-hybridized carbons (Fsp3) is 0.585. The highest BCUT2D eigenvalue weighted by atomic mass is 35.5. The van der Waals surface area contributed by atoms with Crippen molar-refractivity contribution in [3.8, 4) is 5.75 Å². The molecule has 4 aliphatic rings. The molecule has 1 spiro atoms. The second kappa shape index (κ2) is 14.6. The Morgan fingerprint density at radius 1 is 1.09 bits per heavy atom. The van der Waals surface area contributed by atoms with Crippen LogP contribution < -0.4 is 9.64 Å². The van der Waals surface area contributed by atoms with Crippen molar-refractivity contribution in [2.75, 3.05) is 24.6 Å². The minimum atomic E-state index is -3.69. The van der Waals surface area contributed by atoms with E-state index in [4.69, 9.17) is 20.8 Å². The Bertz CT molecular complexity index is 1940. The summed E-state index contributed by atoms with van der Waals surface area (Å²) >= 11 is 6.48. The van der Waals surface area contributed by atoms with Crippen LogP contribution in [0.3, 0.4) is 0 Å². The highest BCUT2D eigenvalue weighted by molar-refractivity contribution is 7.91. The van der Waals surface area contributed by atoms with E-state index in [0.29, 0.717) is 31.7 Å². The van der Waals surface area contributed by atoms with Gasteiger partial charge in [0.05, 0.1) is 29.2 Å². The van der Waals surface area contributed by atoms with E-state index in [1.807, 2.05) is 12.1 Å². The third-order valence-corrected chi connectivity index (χ3v) is 20.0. The summed E-state index contributed by atoms with van der Waals surface area (Å²) in [6, 6.07) is 13.1. The molecule has 3 aromatic rings. The summed E-state index contributed by atoms with van der Waals surface area (Å²) in [6.45, 7) is 13.3. The summed E-state index contributed by atoms with van der Waals surface area (Å²) in [5, 5.41) is 10.1. The van der Waals surface area contributed by atoms with Gasteiger partial charge >= 0.3 is 5.97 Å². The van der Waals surface area contributed by atoms with Gasteiger partial charge < -0.3 is 19.2 Å². The predicted octanol–water partition coefficient (Wildman–Crippen LogP) is 8.75. The van der Waals surface area contributed by atoms with Gasteiger partial charge in [-0.2, -0.15) is 0 Å². The van der Waals surface area contributed by atoms with Crippen molar-refractivity contribution >= 4 is 41.4 Å². The number of aryl methyl sites for hydroxylation is 1. The normalized spacial score (nSPS) is 26.8. The number of rotatable bonds is 9. The molecule has 2 aromatic carbocycles. The lowest BCUT2D eigenvalue weighted by atomic mass is 9.65. The largest absolute Gasteiger partial charge is 0.490 e. The van der Waals surface area contributed by atoms with Gasteiger partial charge in [-0.05, 0) is 135 Å². The standard InChI is InChI=1S/C41H54ClN3O6SSi/c1-40(2,3)53(4,5)51-37(28-9-6-11-32(22-28)52(48,49)39-43-19-8-20-44-39)33-15-12-30(33)24-45-25-41(18-7-10-27-21-31(42)14-16-34(27)41)26-50-36-17-13-29(38(46)47)23-35(36)45/h8,13-14,16-17,19-21,23,28,30,32-33,37H,6-7,9-12,15,18,22,24-26H2,1-5H3,(H,46,47)/t28-,30+,32+,33-,37?,41?/m1/s1. The zero-order valence-corrected chi connectivity index (χ0v) is 34.3. The Hall–Kier alpha value is -2.99. The van der Waals surface area contributed by atoms with Crippen molar-refractivity contribution in [3.63, 3.8) is 0 Å². The lowest BCUT2D eigenvalue weighted by Crippen LogP contribution is -2.54. The van der Waals surface area contributed by atoms with Gasteiger partial charge in [-0.3, -0.25) is 0 Å². The van der Waals surface area contributed by atoms with Crippen molar-refractivity contribution in [1.29, 1.82) is 0 Å². The number of hydrogen-bond acceptors (Lipinski definition) is 8. The Kier molecular flexibility index (Phi) is 10.5. The van der Waals surface area contributed by atoms with Gasteiger partial charge in [-0.25, -0.2) is 23.2 Å². The molecular weight excluding hydrogens is 726 g/mol. The molecule has 1 aliphatic heterocycles. The lowest BCUT2D eigenvalue weighted by molar-refractivity contribution is -0.0227. The first-order valence-electron chi connectivity index (χ1n) is 19.3. The van der Waals surface area contributed by atoms with Crippen LogP contribution in [-0.4, -0.2) is 68.8 Å². The SMILES string of the molecule is CC(C)(C)[Si](C)(C)OC([C@@H]1CCC[C@H](S(=O)(=O)c2ncccn2)C1)[C@@H]1CC[C@H]1CN1CC2(CCCc3cc(Cl)ccc32)COc2ccc(C(=O)O)cc21. The number of sulfone groups is 1. The molecule has 2 saturated carbocycles. The molecule has 53 heavy (non-hydrogen) atoms. The van der Waals surface area contributed by atoms with Crippen LogP contribution in [0.15, 0.2) is 60.0 Å². The van der Waals surface area contributed by atoms with E-state index in [1.54, 1.807) is 18.2 Å². The molecule has 6 atom stereocenters. The highest BCUT2D eigenvalue weighted by Crippen LogP contribution is 2.51. The molecule has 0 amide bonds. The van der Waals surface area contributed by atoms with Gasteiger partial charge in [-0.1, -0.05) is 44.9 Å². The van der Waals surface area contributed by atoms with Crippen molar-refractivity contribution in [2.24, 2.45) is 17.8 Å². The number of carboxylic acid groups (broad SMARTS) is 1. The number of halogens is 1. The number of carbonyl (C=O) groups is 1. The average molecular weight is 781 g/mol. The Morgan fingerprint density at radius 3 is 2.57 bits per heavy atom. The summed E-state index contributed by atoms with van der Waals surface area (Å²) in [5.41, 5.74) is 3.32. The lowest BCUT2D eigenvalue weighted by Gasteiger charge is -2.52. The van der Waals surface area contributed by atoms with Crippen molar-refractivity contribution in [2.45, 2.75) is 119 Å². The topological polar surface area (TPSA) is 119 Å². The second-order valence-corrected chi connectivity index (χ2v) is 24.9. The Balaban J connectivity index is 1.22. The minimum Gasteiger partial charge on any atom is -0.490 e. The van der Waals surface area contributed by atoms with E-state index in [1.165, 1.54) is 23.5 Å². The maximum absolute atomic E-state index is 13.8. The van der Waals surface area contributed by atoms with Crippen LogP contribution in [0, 0.1) is 17.8 Å². The molecule has 3 aliphatic carbocycles. The smallest absolute Gasteiger partial charge is 0.335 e. The number of nitrogens with zero attached hydrogens (tertiary/aromatic N) is 3. The summed E-state index contributed by atoms with van der Waals surface area (Å²) < 4.78 is 41.7. The molecule has 12 heteroatoms. The van der Waals surface area contributed by atoms with E-state index in [0.717, 1.165) is 62.2 Å². The summed E-state index contributed by atoms with van der Waals surface area (Å²) in [5.74, 6) is 0.364. The van der Waals surface area contributed by atoms with Gasteiger partial charge in [0, 0.05) is 35.9 Å². The Morgan fingerprint density at radius 2 is 1.87 bits per heavy atom. The van der Waals surface area contributed by atoms with Gasteiger partial charge in [-0.15, -0.1) is 0 Å². The predicted molar refractivity (Wildman–Crippen MR) is 210 cm³/mol. The number of anilines is 1. The van der Waals surface area contributed by atoms with E-state index in [-0.39, 0.29) is 45.0 Å². The maximum atomic E-state index is 13.8. The molecule has 2 unspecified atom stereocenters. The van der Waals surface area contributed by atoms with E-state index < -0.39 is 29.4 Å². The molecule has 2 heterocycles. The first-order valence-corrected chi connectivity index (χ1v) is 24.1. The number of aromatic carboxylic acids is 1. The molecule has 1 N–H and O–H groups in total. The molecular formula is C41H54ClN3O6SSi. The zero-order valence-electron chi connectivity index (χ0n) is 31.7. The molecule has 0 radical (unpaired) electrons. The summed E-state index contributed by atoms with van der Waals surface area (Å²) in [6.07, 6.45) is 10.8. The second-order valence-electron chi connectivity index (χ2n) is 17.6. The van der Waals surface area contributed by atoms with Gasteiger partial charge in [0.15, 0.2) is 8.32 Å². The third kappa shape index (κ3) is 7.52. The van der Waals surface area contributed by atoms with E-state index in [2.05, 4.69) is 60.9 Å².